The van der Waals surface area contributed by atoms with Gasteiger partial charge in [-0.05, 0) is 45.0 Å². The summed E-state index contributed by atoms with van der Waals surface area (Å²) in [6, 6.07) is 4.77. The van der Waals surface area contributed by atoms with Crippen LogP contribution >= 0.6 is 0 Å². The molecule has 1 aromatic carbocycles. The number of benzene rings is 1. The second-order valence-electron chi connectivity index (χ2n) is 12.1. The van der Waals surface area contributed by atoms with Crippen LogP contribution < -0.4 is 19.7 Å². The number of nitrogens with zero attached hydrogens (tertiary/aromatic N) is 5. The number of hydrogen-bond acceptors (Lipinski definition) is 8. The molecule has 0 spiro atoms. The predicted octanol–water partition coefficient (Wildman–Crippen LogP) is 5.71. The average molecular weight is 611 g/mol. The van der Waals surface area contributed by atoms with Gasteiger partial charge in [-0.25, -0.2) is 23.1 Å². The topological polar surface area (TPSA) is 92.7 Å². The Balaban J connectivity index is 1.17. The first-order chi connectivity index (χ1) is 21.1. The molecule has 1 aliphatic carbocycles. The van der Waals surface area contributed by atoms with E-state index in [1.165, 1.54) is 29.6 Å². The molecule has 1 N–H and O–H groups in total. The molecule has 3 aromatic rings. The van der Waals surface area contributed by atoms with Crippen molar-refractivity contribution in [2.24, 2.45) is 0 Å². The first-order valence-corrected chi connectivity index (χ1v) is 15.2. The number of pyridine rings is 1. The average Bonchev–Trinajstić information content (AvgIpc) is 2.98. The summed E-state index contributed by atoms with van der Waals surface area (Å²) in [6.45, 7) is 7.82. The van der Waals surface area contributed by atoms with E-state index in [0.29, 0.717) is 24.7 Å². The normalized spacial score (nSPS) is 20.2. The largest absolute Gasteiger partial charge is 0.490 e. The Kier molecular flexibility index (Phi) is 8.36. The van der Waals surface area contributed by atoms with Gasteiger partial charge in [-0.1, -0.05) is 0 Å². The van der Waals surface area contributed by atoms with Crippen LogP contribution in [-0.2, 0) is 6.42 Å². The summed E-state index contributed by atoms with van der Waals surface area (Å²) in [5.74, 6) is -2.17. The highest BCUT2D eigenvalue weighted by Crippen LogP contribution is 2.42. The molecule has 9 nitrogen and oxygen atoms in total. The highest BCUT2D eigenvalue weighted by atomic mass is 19.3. The maximum atomic E-state index is 14.4. The molecule has 0 bridgehead atoms. The fraction of sp³-hybridized carbons (Fsp3) is 0.500. The second-order valence-corrected chi connectivity index (χ2v) is 12.1. The fourth-order valence-electron chi connectivity index (χ4n) is 6.42. The number of halogens is 3. The Bertz CT molecular complexity index is 1510. The van der Waals surface area contributed by atoms with Crippen molar-refractivity contribution in [2.75, 3.05) is 24.5 Å². The second kappa shape index (κ2) is 12.2. The van der Waals surface area contributed by atoms with E-state index in [9.17, 15) is 18.0 Å². The zero-order chi connectivity index (χ0) is 31.0. The van der Waals surface area contributed by atoms with Crippen molar-refractivity contribution in [3.63, 3.8) is 0 Å². The number of anilines is 1. The SMILES string of the molecule is CC1NCCc2nccc(OC3CCN(c4ncncc4Oc4ccc(F)cc4C(=O)N(C(C)C)C4CC(F)(F)C4)CC3)c21. The Hall–Kier alpha value is -3.93. The van der Waals surface area contributed by atoms with Crippen LogP contribution in [0.25, 0.3) is 0 Å². The van der Waals surface area contributed by atoms with E-state index in [1.54, 1.807) is 13.8 Å². The first kappa shape index (κ1) is 30.1. The number of hydrogen-bond donors (Lipinski definition) is 1. The summed E-state index contributed by atoms with van der Waals surface area (Å²) in [5.41, 5.74) is 2.16. The molecular formula is C32H37F3N6O3. The van der Waals surface area contributed by atoms with Crippen molar-refractivity contribution in [1.82, 2.24) is 25.2 Å². The molecule has 1 unspecified atom stereocenters. The molecule has 0 radical (unpaired) electrons. The lowest BCUT2D eigenvalue weighted by Gasteiger charge is -2.44. The minimum atomic E-state index is -2.80. The number of alkyl halides is 2. The fourth-order valence-corrected chi connectivity index (χ4v) is 6.42. The van der Waals surface area contributed by atoms with Crippen molar-refractivity contribution in [3.8, 4) is 17.2 Å². The molecule has 4 heterocycles. The van der Waals surface area contributed by atoms with Gasteiger partial charge in [-0.3, -0.25) is 9.78 Å². The number of fused-ring (bicyclic) bond motifs is 1. The maximum Gasteiger partial charge on any atom is 0.258 e. The molecule has 234 valence electrons. The molecule has 2 aliphatic heterocycles. The van der Waals surface area contributed by atoms with Crippen LogP contribution in [0.3, 0.4) is 0 Å². The van der Waals surface area contributed by atoms with Crippen LogP contribution in [-0.4, -0.2) is 69.5 Å². The number of rotatable bonds is 8. The molecule has 2 aromatic heterocycles. The Labute approximate surface area is 254 Å². The Morgan fingerprint density at radius 1 is 1.11 bits per heavy atom. The highest BCUT2D eigenvalue weighted by molar-refractivity contribution is 5.97. The third-order valence-electron chi connectivity index (χ3n) is 8.62. The molecule has 12 heteroatoms. The number of aromatic nitrogens is 3. The van der Waals surface area contributed by atoms with Gasteiger partial charge in [0, 0.05) is 81.6 Å². The lowest BCUT2D eigenvalue weighted by Crippen LogP contribution is -2.55. The lowest BCUT2D eigenvalue weighted by atomic mass is 9.85. The number of carbonyl (C=O) groups is 1. The standard InChI is InChI=1S/C32H37F3N6O3/c1-19(2)41(22-15-32(34,35)16-22)31(42)24-14-21(33)4-5-26(24)44-28-17-36-18-39-30(28)40-12-8-23(9-13-40)43-27-7-11-38-25-6-10-37-20(3)29(25)27/h4-5,7,11,14,17-20,22-23,37H,6,8-10,12-13,15-16H2,1-3H3. The summed E-state index contributed by atoms with van der Waals surface area (Å²) in [6.07, 6.45) is 6.29. The summed E-state index contributed by atoms with van der Waals surface area (Å²) in [4.78, 5) is 30.3. The van der Waals surface area contributed by atoms with Crippen LogP contribution in [0, 0.1) is 5.82 Å². The smallest absolute Gasteiger partial charge is 0.258 e. The monoisotopic (exact) mass is 610 g/mol. The van der Waals surface area contributed by atoms with E-state index < -0.39 is 36.5 Å². The van der Waals surface area contributed by atoms with E-state index in [-0.39, 0.29) is 29.5 Å². The van der Waals surface area contributed by atoms with Gasteiger partial charge < -0.3 is 24.6 Å². The number of nitrogens with one attached hydrogen (secondary N) is 1. The Morgan fingerprint density at radius 3 is 2.61 bits per heavy atom. The third kappa shape index (κ3) is 6.17. The zero-order valence-corrected chi connectivity index (χ0v) is 25.1. The van der Waals surface area contributed by atoms with Gasteiger partial charge >= 0.3 is 0 Å². The predicted molar refractivity (Wildman–Crippen MR) is 158 cm³/mol. The third-order valence-corrected chi connectivity index (χ3v) is 8.62. The van der Waals surface area contributed by atoms with Crippen molar-refractivity contribution < 1.29 is 27.4 Å². The van der Waals surface area contributed by atoms with Crippen molar-refractivity contribution in [1.29, 1.82) is 0 Å². The highest BCUT2D eigenvalue weighted by Gasteiger charge is 2.50. The quantitative estimate of drug-likeness (QED) is 0.347. The van der Waals surface area contributed by atoms with Gasteiger partial charge in [0.2, 0.25) is 0 Å². The van der Waals surface area contributed by atoms with E-state index in [1.807, 2.05) is 12.3 Å². The maximum absolute atomic E-state index is 14.4. The zero-order valence-electron chi connectivity index (χ0n) is 25.1. The molecule has 6 rings (SSSR count). The van der Waals surface area contributed by atoms with Crippen molar-refractivity contribution in [3.05, 3.63) is 65.6 Å². The Morgan fingerprint density at radius 2 is 1.89 bits per heavy atom. The van der Waals surface area contributed by atoms with Crippen LogP contribution in [0.4, 0.5) is 19.0 Å². The van der Waals surface area contributed by atoms with Crippen molar-refractivity contribution in [2.45, 2.75) is 83.0 Å². The van der Waals surface area contributed by atoms with Crippen LogP contribution in [0.15, 0.2) is 43.0 Å². The summed E-state index contributed by atoms with van der Waals surface area (Å²) < 4.78 is 54.5. The number of piperidine rings is 1. The van der Waals surface area contributed by atoms with E-state index in [0.717, 1.165) is 48.9 Å². The van der Waals surface area contributed by atoms with Gasteiger partial charge in [0.15, 0.2) is 11.6 Å². The summed E-state index contributed by atoms with van der Waals surface area (Å²) in [5, 5.41) is 3.48. The molecule has 3 aliphatic rings. The number of carbonyl (C=O) groups excluding carboxylic acids is 1. The lowest BCUT2D eigenvalue weighted by molar-refractivity contribution is -0.120. The van der Waals surface area contributed by atoms with E-state index >= 15 is 0 Å². The molecule has 1 saturated heterocycles. The van der Waals surface area contributed by atoms with Crippen LogP contribution in [0.1, 0.15) is 74.1 Å². The van der Waals surface area contributed by atoms with E-state index in [4.69, 9.17) is 9.47 Å². The van der Waals surface area contributed by atoms with E-state index in [2.05, 4.69) is 32.1 Å². The molecule has 1 saturated carbocycles. The molecular weight excluding hydrogens is 573 g/mol. The molecule has 44 heavy (non-hydrogen) atoms. The summed E-state index contributed by atoms with van der Waals surface area (Å²) >= 11 is 0. The first-order valence-electron chi connectivity index (χ1n) is 15.2. The number of amides is 1. The minimum Gasteiger partial charge on any atom is -0.490 e. The van der Waals surface area contributed by atoms with Crippen LogP contribution in [0.2, 0.25) is 0 Å². The molecule has 1 amide bonds. The van der Waals surface area contributed by atoms with Gasteiger partial charge in [0.05, 0.1) is 17.5 Å². The van der Waals surface area contributed by atoms with Gasteiger partial charge in [-0.15, -0.1) is 0 Å². The summed E-state index contributed by atoms with van der Waals surface area (Å²) in [7, 11) is 0. The molecule has 1 atom stereocenters. The van der Waals surface area contributed by atoms with Gasteiger partial charge in [0.25, 0.3) is 11.8 Å². The van der Waals surface area contributed by atoms with Crippen LogP contribution in [0.5, 0.6) is 17.2 Å². The van der Waals surface area contributed by atoms with Gasteiger partial charge in [0.1, 0.15) is 29.7 Å². The number of ether oxygens (including phenoxy) is 2. The van der Waals surface area contributed by atoms with Gasteiger partial charge in [-0.2, -0.15) is 0 Å². The van der Waals surface area contributed by atoms with Crippen molar-refractivity contribution >= 4 is 11.7 Å². The molecule has 2 fully saturated rings. The minimum absolute atomic E-state index is 0.0142.